The third-order valence-corrected chi connectivity index (χ3v) is 6.42. The van der Waals surface area contributed by atoms with Crippen LogP contribution in [-0.4, -0.2) is 47.6 Å². The fraction of sp³-hybridized carbons (Fsp3) is 0.381. The zero-order chi connectivity index (χ0) is 22.1. The molecule has 164 valence electrons. The van der Waals surface area contributed by atoms with Gasteiger partial charge in [0.2, 0.25) is 15.9 Å². The second-order valence-electron chi connectivity index (χ2n) is 6.58. The van der Waals surface area contributed by atoms with E-state index in [9.17, 15) is 13.2 Å². The molecule has 0 saturated carbocycles. The van der Waals surface area contributed by atoms with Gasteiger partial charge in [0.25, 0.3) is 0 Å². The molecule has 1 N–H and O–H groups in total. The number of para-hydroxylation sites is 1. The Kier molecular flexibility index (Phi) is 8.86. The summed E-state index contributed by atoms with van der Waals surface area (Å²) in [6.07, 6.45) is 3.72. The molecule has 0 fully saturated rings. The van der Waals surface area contributed by atoms with E-state index in [1.807, 2.05) is 36.6 Å². The molecule has 0 saturated heterocycles. The number of benzene rings is 2. The Balaban J connectivity index is 1.93. The topological polar surface area (TPSA) is 84.9 Å². The van der Waals surface area contributed by atoms with Gasteiger partial charge < -0.3 is 14.8 Å². The summed E-state index contributed by atoms with van der Waals surface area (Å²) in [5.74, 6) is 1.08. The number of methoxy groups -OCH3 is 2. The fourth-order valence-corrected chi connectivity index (χ4v) is 4.60. The molecule has 7 nitrogen and oxygen atoms in total. The predicted octanol–water partition coefficient (Wildman–Crippen LogP) is 3.29. The van der Waals surface area contributed by atoms with Gasteiger partial charge in [-0.05, 0) is 42.5 Å². The first kappa shape index (κ1) is 23.9. The van der Waals surface area contributed by atoms with Crippen LogP contribution in [0.15, 0.2) is 47.4 Å². The van der Waals surface area contributed by atoms with E-state index in [1.165, 1.54) is 22.3 Å². The van der Waals surface area contributed by atoms with Crippen molar-refractivity contribution in [2.24, 2.45) is 0 Å². The molecule has 9 heteroatoms. The molecule has 0 atom stereocenters. The quantitative estimate of drug-likeness (QED) is 0.527. The molecular weight excluding hydrogens is 424 g/mol. The summed E-state index contributed by atoms with van der Waals surface area (Å²) in [5, 5.41) is 2.86. The summed E-state index contributed by atoms with van der Waals surface area (Å²) >= 11 is 1.49. The van der Waals surface area contributed by atoms with E-state index in [2.05, 4.69) is 5.32 Å². The molecule has 0 aliphatic carbocycles. The number of hydrogen-bond donors (Lipinski definition) is 1. The average Bonchev–Trinajstić information content (AvgIpc) is 2.74. The number of rotatable bonds is 11. The maximum Gasteiger partial charge on any atom is 0.232 e. The van der Waals surface area contributed by atoms with Crippen LogP contribution < -0.4 is 19.1 Å². The van der Waals surface area contributed by atoms with Crippen LogP contribution in [0.4, 0.5) is 5.69 Å². The first-order chi connectivity index (χ1) is 14.3. The van der Waals surface area contributed by atoms with Crippen LogP contribution in [0.3, 0.4) is 0 Å². The summed E-state index contributed by atoms with van der Waals surface area (Å²) in [7, 11) is -0.331. The van der Waals surface area contributed by atoms with Gasteiger partial charge in [0.05, 0.1) is 26.2 Å². The zero-order valence-corrected chi connectivity index (χ0v) is 19.3. The van der Waals surface area contributed by atoms with Crippen LogP contribution >= 0.6 is 11.8 Å². The summed E-state index contributed by atoms with van der Waals surface area (Å²) in [6.45, 7) is 0.588. The normalized spacial score (nSPS) is 11.1. The van der Waals surface area contributed by atoms with Gasteiger partial charge in [-0.1, -0.05) is 18.2 Å². The molecule has 2 rings (SSSR count). The minimum Gasteiger partial charge on any atom is -0.493 e. The van der Waals surface area contributed by atoms with Crippen LogP contribution in [0, 0.1) is 0 Å². The lowest BCUT2D eigenvalue weighted by atomic mass is 10.2. The van der Waals surface area contributed by atoms with E-state index in [1.54, 1.807) is 26.4 Å². The lowest BCUT2D eigenvalue weighted by molar-refractivity contribution is -0.121. The first-order valence-corrected chi connectivity index (χ1v) is 12.5. The van der Waals surface area contributed by atoms with Crippen molar-refractivity contribution in [1.82, 2.24) is 5.32 Å². The Bertz CT molecular complexity index is 964. The number of thioether (sulfide) groups is 1. The maximum atomic E-state index is 12.3. The van der Waals surface area contributed by atoms with Crippen molar-refractivity contribution in [3.63, 3.8) is 0 Å². The molecule has 0 radical (unpaired) electrons. The molecule has 0 unspecified atom stereocenters. The van der Waals surface area contributed by atoms with E-state index < -0.39 is 10.0 Å². The Morgan fingerprint density at radius 1 is 1.10 bits per heavy atom. The van der Waals surface area contributed by atoms with Gasteiger partial charge in [0, 0.05) is 24.4 Å². The molecule has 0 heterocycles. The highest BCUT2D eigenvalue weighted by atomic mass is 32.2. The lowest BCUT2D eigenvalue weighted by Crippen LogP contribution is -2.32. The van der Waals surface area contributed by atoms with E-state index in [0.29, 0.717) is 30.2 Å². The number of amides is 1. The lowest BCUT2D eigenvalue weighted by Gasteiger charge is -2.24. The number of sulfonamides is 1. The molecule has 2 aromatic carbocycles. The molecule has 30 heavy (non-hydrogen) atoms. The number of carbonyl (C=O) groups excluding carboxylic acids is 1. The number of carbonyl (C=O) groups is 1. The van der Waals surface area contributed by atoms with E-state index in [0.717, 1.165) is 10.5 Å². The standard InChI is InChI=1S/C21H28N2O5S2/c1-27-18-12-11-16(14-19(18)28-2)15-22-21(24)10-7-13-23(30(4,25)26)17-8-5-6-9-20(17)29-3/h5-6,8-9,11-12,14H,7,10,13,15H2,1-4H3,(H,22,24). The fourth-order valence-electron chi connectivity index (χ4n) is 2.96. The van der Waals surface area contributed by atoms with Crippen molar-refractivity contribution in [2.75, 3.05) is 37.6 Å². The monoisotopic (exact) mass is 452 g/mol. The summed E-state index contributed by atoms with van der Waals surface area (Å²) < 4.78 is 36.4. The van der Waals surface area contributed by atoms with Crippen LogP contribution in [0.5, 0.6) is 11.5 Å². The maximum absolute atomic E-state index is 12.3. The second-order valence-corrected chi connectivity index (χ2v) is 9.33. The highest BCUT2D eigenvalue weighted by molar-refractivity contribution is 7.99. The number of hydrogen-bond acceptors (Lipinski definition) is 6. The van der Waals surface area contributed by atoms with Crippen LogP contribution in [0.25, 0.3) is 0 Å². The number of ether oxygens (including phenoxy) is 2. The molecule has 0 spiro atoms. The highest BCUT2D eigenvalue weighted by Gasteiger charge is 2.20. The van der Waals surface area contributed by atoms with Gasteiger partial charge in [-0.25, -0.2) is 8.42 Å². The molecular formula is C21H28N2O5S2. The Morgan fingerprint density at radius 2 is 1.80 bits per heavy atom. The average molecular weight is 453 g/mol. The van der Waals surface area contributed by atoms with Gasteiger partial charge in [0.1, 0.15) is 0 Å². The minimum atomic E-state index is -3.46. The smallest absolute Gasteiger partial charge is 0.232 e. The van der Waals surface area contributed by atoms with Crippen LogP contribution in [0.1, 0.15) is 18.4 Å². The van der Waals surface area contributed by atoms with E-state index in [-0.39, 0.29) is 18.9 Å². The Hall–Kier alpha value is -2.39. The van der Waals surface area contributed by atoms with Crippen LogP contribution in [0.2, 0.25) is 0 Å². The predicted molar refractivity (Wildman–Crippen MR) is 121 cm³/mol. The Labute approximate surface area is 182 Å². The summed E-state index contributed by atoms with van der Waals surface area (Å²) in [5.41, 5.74) is 1.52. The number of nitrogens with one attached hydrogen (secondary N) is 1. The summed E-state index contributed by atoms with van der Waals surface area (Å²) in [6, 6.07) is 12.8. The third kappa shape index (κ3) is 6.56. The molecule has 0 aliphatic heterocycles. The van der Waals surface area contributed by atoms with Crippen molar-refractivity contribution in [3.8, 4) is 11.5 Å². The molecule has 0 bridgehead atoms. The molecule has 0 aromatic heterocycles. The van der Waals surface area contributed by atoms with Gasteiger partial charge in [-0.3, -0.25) is 9.10 Å². The van der Waals surface area contributed by atoms with Gasteiger partial charge in [0.15, 0.2) is 11.5 Å². The minimum absolute atomic E-state index is 0.142. The van der Waals surface area contributed by atoms with Crippen molar-refractivity contribution >= 4 is 33.4 Å². The van der Waals surface area contributed by atoms with Crippen molar-refractivity contribution in [1.29, 1.82) is 0 Å². The van der Waals surface area contributed by atoms with Crippen molar-refractivity contribution in [2.45, 2.75) is 24.3 Å². The zero-order valence-electron chi connectivity index (χ0n) is 17.7. The molecule has 0 aliphatic rings. The SMILES string of the molecule is COc1ccc(CNC(=O)CCCN(c2ccccc2SC)S(C)(=O)=O)cc1OC. The first-order valence-electron chi connectivity index (χ1n) is 9.38. The van der Waals surface area contributed by atoms with Gasteiger partial charge in [-0.2, -0.15) is 0 Å². The summed E-state index contributed by atoms with van der Waals surface area (Å²) in [4.78, 5) is 13.1. The highest BCUT2D eigenvalue weighted by Crippen LogP contribution is 2.30. The second kappa shape index (κ2) is 11.1. The number of anilines is 1. The largest absolute Gasteiger partial charge is 0.493 e. The third-order valence-electron chi connectivity index (χ3n) is 4.46. The van der Waals surface area contributed by atoms with Crippen molar-refractivity contribution in [3.05, 3.63) is 48.0 Å². The van der Waals surface area contributed by atoms with Crippen molar-refractivity contribution < 1.29 is 22.7 Å². The van der Waals surface area contributed by atoms with Gasteiger partial charge in [-0.15, -0.1) is 11.8 Å². The van der Waals surface area contributed by atoms with E-state index in [4.69, 9.17) is 9.47 Å². The van der Waals surface area contributed by atoms with Gasteiger partial charge >= 0.3 is 0 Å². The van der Waals surface area contributed by atoms with E-state index >= 15 is 0 Å². The van der Waals surface area contributed by atoms with Crippen LogP contribution in [-0.2, 0) is 21.4 Å². The number of nitrogens with zero attached hydrogens (tertiary/aromatic N) is 1. The molecule has 2 aromatic rings. The Morgan fingerprint density at radius 3 is 2.43 bits per heavy atom. The molecule has 1 amide bonds.